The number of aromatic nitrogens is 2. The number of hydrogen-bond acceptors (Lipinski definition) is 6. The Morgan fingerprint density at radius 2 is 1.67 bits per heavy atom. The standard InChI is InChI=1S/C25H20ClN3O5S2/c26-19-10-6-16(7-11-19)17-8-12-20(13-9-17)36(33,34)29(15-22-27-24(32)35-28-22)25(23(30)31)14-21(25)18-4-2-1-3-5-18/h1-13,21H,14-15H2,(H,30,31)(H,27,28,32)/t21-,25+/m0/s1. The average molecular weight is 542 g/mol. The van der Waals surface area contributed by atoms with Gasteiger partial charge in [0.25, 0.3) is 0 Å². The first-order chi connectivity index (χ1) is 17.2. The highest BCUT2D eigenvalue weighted by Crippen LogP contribution is 2.57. The maximum atomic E-state index is 13.9. The monoisotopic (exact) mass is 541 g/mol. The molecule has 184 valence electrons. The minimum atomic E-state index is -4.30. The first kappa shape index (κ1) is 24.4. The summed E-state index contributed by atoms with van der Waals surface area (Å²) < 4.78 is 32.8. The zero-order valence-corrected chi connectivity index (χ0v) is 21.1. The lowest BCUT2D eigenvalue weighted by Gasteiger charge is -2.29. The van der Waals surface area contributed by atoms with Crippen molar-refractivity contribution in [2.24, 2.45) is 0 Å². The lowest BCUT2D eigenvalue weighted by molar-refractivity contribution is -0.143. The first-order valence-electron chi connectivity index (χ1n) is 10.9. The Kier molecular flexibility index (Phi) is 6.29. The number of benzene rings is 3. The van der Waals surface area contributed by atoms with Gasteiger partial charge in [-0.2, -0.15) is 8.68 Å². The van der Waals surface area contributed by atoms with Crippen molar-refractivity contribution in [1.82, 2.24) is 13.7 Å². The van der Waals surface area contributed by atoms with Crippen molar-refractivity contribution in [3.63, 3.8) is 0 Å². The van der Waals surface area contributed by atoms with Crippen molar-refractivity contribution in [3.8, 4) is 11.1 Å². The zero-order chi connectivity index (χ0) is 25.5. The molecule has 2 atom stereocenters. The van der Waals surface area contributed by atoms with Crippen LogP contribution in [0.2, 0.25) is 5.02 Å². The molecule has 0 saturated heterocycles. The molecule has 1 heterocycles. The number of carboxylic acids is 1. The molecule has 1 saturated carbocycles. The molecule has 36 heavy (non-hydrogen) atoms. The minimum Gasteiger partial charge on any atom is -0.480 e. The number of rotatable bonds is 8. The molecule has 0 radical (unpaired) electrons. The lowest BCUT2D eigenvalue weighted by atomic mass is 10.1. The summed E-state index contributed by atoms with van der Waals surface area (Å²) in [6.45, 7) is -0.379. The van der Waals surface area contributed by atoms with Gasteiger partial charge in [-0.25, -0.2) is 8.42 Å². The van der Waals surface area contributed by atoms with Gasteiger partial charge >= 0.3 is 10.8 Å². The van der Waals surface area contributed by atoms with Crippen LogP contribution in [0.15, 0.2) is 88.6 Å². The third-order valence-corrected chi connectivity index (χ3v) is 9.08. The third-order valence-electron chi connectivity index (χ3n) is 6.35. The number of hydrogen-bond donors (Lipinski definition) is 2. The molecule has 8 nitrogen and oxygen atoms in total. The number of aromatic amines is 1. The summed E-state index contributed by atoms with van der Waals surface area (Å²) in [6, 6.07) is 22.3. The Hall–Kier alpha value is -3.31. The molecule has 1 aromatic heterocycles. The number of H-pyrrole nitrogens is 1. The lowest BCUT2D eigenvalue weighted by Crippen LogP contribution is -2.48. The van der Waals surface area contributed by atoms with Crippen molar-refractivity contribution in [1.29, 1.82) is 0 Å². The molecule has 0 spiro atoms. The SMILES string of the molecule is O=C(O)[C@@]1(N(Cc2nsc(=O)[nH]2)S(=O)(=O)c2ccc(-c3ccc(Cl)cc3)cc2)C[C@H]1c1ccccc1. The van der Waals surface area contributed by atoms with Gasteiger partial charge in [0.1, 0.15) is 11.4 Å². The number of aliphatic carboxylic acids is 1. The van der Waals surface area contributed by atoms with E-state index in [2.05, 4.69) is 9.36 Å². The Bertz CT molecular complexity index is 1570. The molecule has 3 aromatic carbocycles. The highest BCUT2D eigenvalue weighted by Gasteiger charge is 2.68. The van der Waals surface area contributed by atoms with Gasteiger partial charge in [-0.3, -0.25) is 14.6 Å². The minimum absolute atomic E-state index is 0.0582. The molecule has 4 aromatic rings. The van der Waals surface area contributed by atoms with Crippen LogP contribution in [0.3, 0.4) is 0 Å². The normalized spacial score (nSPS) is 19.3. The van der Waals surface area contributed by atoms with E-state index in [1.54, 1.807) is 48.5 Å². The molecule has 1 aliphatic rings. The molecule has 0 bridgehead atoms. The molecule has 1 fully saturated rings. The number of carboxylic acid groups (broad SMARTS) is 1. The van der Waals surface area contributed by atoms with Crippen LogP contribution in [-0.4, -0.2) is 38.7 Å². The maximum absolute atomic E-state index is 13.9. The summed E-state index contributed by atoms with van der Waals surface area (Å²) >= 11 is 6.61. The first-order valence-corrected chi connectivity index (χ1v) is 13.5. The predicted molar refractivity (Wildman–Crippen MR) is 137 cm³/mol. The summed E-state index contributed by atoms with van der Waals surface area (Å²) in [5.41, 5.74) is 0.649. The van der Waals surface area contributed by atoms with E-state index in [9.17, 15) is 23.1 Å². The highest BCUT2D eigenvalue weighted by atomic mass is 35.5. The van der Waals surface area contributed by atoms with E-state index in [4.69, 9.17) is 11.6 Å². The molecular weight excluding hydrogens is 522 g/mol. The highest BCUT2D eigenvalue weighted by molar-refractivity contribution is 7.89. The molecule has 0 unspecified atom stereocenters. The van der Waals surface area contributed by atoms with Gasteiger partial charge in [0.2, 0.25) is 10.0 Å². The van der Waals surface area contributed by atoms with Crippen LogP contribution in [0.5, 0.6) is 0 Å². The zero-order valence-electron chi connectivity index (χ0n) is 18.7. The van der Waals surface area contributed by atoms with E-state index in [0.717, 1.165) is 21.0 Å². The van der Waals surface area contributed by atoms with Gasteiger partial charge in [0, 0.05) is 22.5 Å². The number of nitrogens with zero attached hydrogens (tertiary/aromatic N) is 2. The van der Waals surface area contributed by atoms with Gasteiger partial charge in [-0.1, -0.05) is 66.2 Å². The van der Waals surface area contributed by atoms with Crippen molar-refractivity contribution in [2.45, 2.75) is 29.3 Å². The number of halogens is 1. The van der Waals surface area contributed by atoms with Crippen molar-refractivity contribution in [3.05, 3.63) is 105 Å². The fraction of sp³-hybridized carbons (Fsp3) is 0.160. The number of carbonyl (C=O) groups is 1. The van der Waals surface area contributed by atoms with E-state index in [1.165, 1.54) is 12.1 Å². The molecular formula is C25H20ClN3O5S2. The number of nitrogens with one attached hydrogen (secondary N) is 1. The summed E-state index contributed by atoms with van der Waals surface area (Å²) in [5, 5.41) is 10.9. The van der Waals surface area contributed by atoms with Gasteiger partial charge in [-0.15, -0.1) is 0 Å². The van der Waals surface area contributed by atoms with Crippen molar-refractivity contribution in [2.75, 3.05) is 0 Å². The van der Waals surface area contributed by atoms with Gasteiger partial charge in [0.15, 0.2) is 0 Å². The fourth-order valence-electron chi connectivity index (χ4n) is 4.44. The van der Waals surface area contributed by atoms with Crippen LogP contribution in [0, 0.1) is 0 Å². The van der Waals surface area contributed by atoms with Crippen molar-refractivity contribution >= 4 is 39.1 Å². The third kappa shape index (κ3) is 4.37. The Balaban J connectivity index is 1.56. The average Bonchev–Trinajstić information content (AvgIpc) is 3.50. The second-order valence-corrected chi connectivity index (χ2v) is 11.5. The summed E-state index contributed by atoms with van der Waals surface area (Å²) in [5.74, 6) is -1.72. The fourth-order valence-corrected chi connectivity index (χ4v) is 6.77. The quantitative estimate of drug-likeness (QED) is 0.342. The van der Waals surface area contributed by atoms with Crippen LogP contribution in [0.25, 0.3) is 11.1 Å². The molecule has 11 heteroatoms. The smallest absolute Gasteiger partial charge is 0.325 e. The molecule has 2 N–H and O–H groups in total. The molecule has 0 amide bonds. The summed E-state index contributed by atoms with van der Waals surface area (Å²) in [4.78, 5) is 26.3. The molecule has 0 aliphatic heterocycles. The Labute approximate surface area is 216 Å². The van der Waals surface area contributed by atoms with Crippen LogP contribution >= 0.6 is 23.1 Å². The van der Waals surface area contributed by atoms with Crippen LogP contribution in [-0.2, 0) is 21.4 Å². The second kappa shape index (κ2) is 9.29. The van der Waals surface area contributed by atoms with E-state index in [1.807, 2.05) is 18.2 Å². The van der Waals surface area contributed by atoms with E-state index >= 15 is 0 Å². The summed E-state index contributed by atoms with van der Waals surface area (Å²) in [6.07, 6.45) is 0.100. The maximum Gasteiger partial charge on any atom is 0.325 e. The van der Waals surface area contributed by atoms with Gasteiger partial charge in [-0.05, 0) is 47.4 Å². The second-order valence-electron chi connectivity index (χ2n) is 8.48. The summed E-state index contributed by atoms with van der Waals surface area (Å²) in [7, 11) is -4.30. The van der Waals surface area contributed by atoms with Crippen LogP contribution in [0.4, 0.5) is 0 Å². The van der Waals surface area contributed by atoms with E-state index in [-0.39, 0.29) is 23.7 Å². The topological polar surface area (TPSA) is 120 Å². The van der Waals surface area contributed by atoms with Crippen LogP contribution < -0.4 is 4.87 Å². The largest absolute Gasteiger partial charge is 0.480 e. The number of sulfonamides is 1. The van der Waals surface area contributed by atoms with Gasteiger partial charge < -0.3 is 5.11 Å². The van der Waals surface area contributed by atoms with Gasteiger partial charge in [0.05, 0.1) is 11.4 Å². The molecule has 1 aliphatic carbocycles. The van der Waals surface area contributed by atoms with Crippen LogP contribution in [0.1, 0.15) is 23.7 Å². The van der Waals surface area contributed by atoms with E-state index < -0.39 is 32.3 Å². The van der Waals surface area contributed by atoms with E-state index in [0.29, 0.717) is 16.6 Å². The molecule has 5 rings (SSSR count). The Morgan fingerprint density at radius 1 is 1.06 bits per heavy atom. The predicted octanol–water partition coefficient (Wildman–Crippen LogP) is 4.35. The van der Waals surface area contributed by atoms with Crippen molar-refractivity contribution < 1.29 is 18.3 Å². The Morgan fingerprint density at radius 3 is 2.22 bits per heavy atom.